The maximum Gasteiger partial charge on any atom is 0.231 e. The molecular formula is C21H28N8O2. The largest absolute Gasteiger partial charge is 0.494 e. The van der Waals surface area contributed by atoms with Gasteiger partial charge in [0.15, 0.2) is 11.5 Å². The van der Waals surface area contributed by atoms with Gasteiger partial charge in [-0.2, -0.15) is 9.97 Å². The van der Waals surface area contributed by atoms with Crippen LogP contribution in [0.3, 0.4) is 0 Å². The van der Waals surface area contributed by atoms with Crippen LogP contribution in [-0.2, 0) is 4.74 Å². The lowest BCUT2D eigenvalue weighted by Crippen LogP contribution is -2.43. The van der Waals surface area contributed by atoms with Crippen LogP contribution in [-0.4, -0.2) is 72.5 Å². The molecule has 4 N–H and O–H groups in total. The molecule has 2 saturated heterocycles. The van der Waals surface area contributed by atoms with E-state index in [0.717, 1.165) is 80.7 Å². The van der Waals surface area contributed by atoms with E-state index in [2.05, 4.69) is 47.9 Å². The van der Waals surface area contributed by atoms with Crippen molar-refractivity contribution in [2.24, 2.45) is 0 Å². The number of nitrogens with zero attached hydrogens (tertiary/aromatic N) is 4. The maximum atomic E-state index is 5.66. The molecule has 0 radical (unpaired) electrons. The lowest BCUT2D eigenvalue weighted by molar-refractivity contribution is 0.0904. The van der Waals surface area contributed by atoms with E-state index < -0.39 is 0 Å². The Morgan fingerprint density at radius 1 is 1.16 bits per heavy atom. The van der Waals surface area contributed by atoms with Crippen molar-refractivity contribution in [2.45, 2.75) is 18.9 Å². The van der Waals surface area contributed by atoms with Gasteiger partial charge < -0.3 is 35.3 Å². The normalized spacial score (nSPS) is 17.6. The molecule has 164 valence electrons. The Bertz CT molecular complexity index is 1030. The second-order valence-electron chi connectivity index (χ2n) is 7.77. The number of hydrogen-bond acceptors (Lipinski definition) is 9. The van der Waals surface area contributed by atoms with Gasteiger partial charge in [0.2, 0.25) is 5.95 Å². The molecule has 31 heavy (non-hydrogen) atoms. The summed E-state index contributed by atoms with van der Waals surface area (Å²) < 4.78 is 11.1. The monoisotopic (exact) mass is 424 g/mol. The van der Waals surface area contributed by atoms with E-state index in [0.29, 0.717) is 17.6 Å². The molecule has 0 saturated carbocycles. The van der Waals surface area contributed by atoms with Crippen LogP contribution in [0.2, 0.25) is 0 Å². The van der Waals surface area contributed by atoms with E-state index >= 15 is 0 Å². The fraction of sp³-hybridized carbons (Fsp3) is 0.476. The van der Waals surface area contributed by atoms with E-state index in [9.17, 15) is 0 Å². The summed E-state index contributed by atoms with van der Waals surface area (Å²) in [6.45, 7) is 5.46. The number of aromatic amines is 1. The minimum atomic E-state index is 0.309. The second-order valence-corrected chi connectivity index (χ2v) is 7.77. The first-order valence-corrected chi connectivity index (χ1v) is 10.8. The first-order chi connectivity index (χ1) is 15.3. The Hall–Kier alpha value is -3.11. The Labute approximate surface area is 180 Å². The van der Waals surface area contributed by atoms with Crippen LogP contribution in [0.15, 0.2) is 24.5 Å². The smallest absolute Gasteiger partial charge is 0.231 e. The molecule has 5 rings (SSSR count). The van der Waals surface area contributed by atoms with Gasteiger partial charge in [0, 0.05) is 57.2 Å². The summed E-state index contributed by atoms with van der Waals surface area (Å²) in [7, 11) is 1.68. The van der Waals surface area contributed by atoms with Gasteiger partial charge in [-0.25, -0.2) is 4.98 Å². The van der Waals surface area contributed by atoms with Crippen LogP contribution >= 0.6 is 0 Å². The first-order valence-electron chi connectivity index (χ1n) is 10.8. The van der Waals surface area contributed by atoms with E-state index in [-0.39, 0.29) is 0 Å². The third-order valence-corrected chi connectivity index (χ3v) is 5.75. The summed E-state index contributed by atoms with van der Waals surface area (Å²) in [5.74, 6) is 1.96. The van der Waals surface area contributed by atoms with Crippen LogP contribution in [0.25, 0.3) is 11.2 Å². The highest BCUT2D eigenvalue weighted by Gasteiger charge is 2.19. The zero-order valence-corrected chi connectivity index (χ0v) is 17.6. The number of rotatable bonds is 6. The number of H-pyrrole nitrogens is 1. The summed E-state index contributed by atoms with van der Waals surface area (Å²) in [5, 5.41) is 10.2. The molecule has 2 aliphatic rings. The molecule has 4 heterocycles. The molecule has 2 aliphatic heterocycles. The highest BCUT2D eigenvalue weighted by Crippen LogP contribution is 2.32. The number of hydrogen-bond donors (Lipinski definition) is 4. The maximum absolute atomic E-state index is 5.66. The van der Waals surface area contributed by atoms with Gasteiger partial charge in [-0.3, -0.25) is 0 Å². The fourth-order valence-corrected chi connectivity index (χ4v) is 4.05. The molecule has 0 unspecified atom stereocenters. The van der Waals surface area contributed by atoms with E-state index in [4.69, 9.17) is 14.5 Å². The number of piperazine rings is 1. The molecule has 2 fully saturated rings. The van der Waals surface area contributed by atoms with E-state index in [1.54, 1.807) is 13.4 Å². The van der Waals surface area contributed by atoms with Gasteiger partial charge >= 0.3 is 0 Å². The number of methoxy groups -OCH3 is 1. The van der Waals surface area contributed by atoms with Crippen molar-refractivity contribution in [3.63, 3.8) is 0 Å². The molecule has 0 bridgehead atoms. The SMILES string of the molecule is COc1cc(N2CCNCC2)ccc1Nc1nc(NC2CCOCC2)c2nc[nH]c2n1. The zero-order chi connectivity index (χ0) is 21.0. The number of nitrogens with one attached hydrogen (secondary N) is 4. The Balaban J connectivity index is 1.40. The summed E-state index contributed by atoms with van der Waals surface area (Å²) in [4.78, 5) is 19.2. The molecule has 0 spiro atoms. The predicted molar refractivity (Wildman–Crippen MR) is 121 cm³/mol. The molecule has 2 aromatic heterocycles. The van der Waals surface area contributed by atoms with Crippen molar-refractivity contribution in [2.75, 3.05) is 62.0 Å². The summed E-state index contributed by atoms with van der Waals surface area (Å²) >= 11 is 0. The molecule has 0 amide bonds. The molecular weight excluding hydrogens is 396 g/mol. The number of aromatic nitrogens is 4. The van der Waals surface area contributed by atoms with Crippen LogP contribution in [0.4, 0.5) is 23.1 Å². The zero-order valence-electron chi connectivity index (χ0n) is 17.6. The van der Waals surface area contributed by atoms with Crippen molar-refractivity contribution in [3.05, 3.63) is 24.5 Å². The van der Waals surface area contributed by atoms with Crippen molar-refractivity contribution in [3.8, 4) is 5.75 Å². The Morgan fingerprint density at radius 2 is 2.00 bits per heavy atom. The van der Waals surface area contributed by atoms with Crippen molar-refractivity contribution >= 4 is 34.3 Å². The second kappa shape index (κ2) is 8.94. The highest BCUT2D eigenvalue weighted by atomic mass is 16.5. The molecule has 0 atom stereocenters. The molecule has 0 aliphatic carbocycles. The quantitative estimate of drug-likeness (QED) is 0.473. The topological polar surface area (TPSA) is 112 Å². The average Bonchev–Trinajstić information content (AvgIpc) is 3.30. The molecule has 3 aromatic rings. The number of imidazole rings is 1. The van der Waals surface area contributed by atoms with Crippen molar-refractivity contribution in [1.82, 2.24) is 25.3 Å². The number of fused-ring (bicyclic) bond motifs is 1. The van der Waals surface area contributed by atoms with Crippen LogP contribution in [0, 0.1) is 0 Å². The third kappa shape index (κ3) is 4.35. The van der Waals surface area contributed by atoms with E-state index in [1.165, 1.54) is 0 Å². The van der Waals surface area contributed by atoms with Gasteiger partial charge in [0.05, 0.1) is 19.1 Å². The number of ether oxygens (including phenoxy) is 2. The van der Waals surface area contributed by atoms with E-state index in [1.807, 2.05) is 6.07 Å². The third-order valence-electron chi connectivity index (χ3n) is 5.75. The highest BCUT2D eigenvalue weighted by molar-refractivity contribution is 5.84. The van der Waals surface area contributed by atoms with Crippen LogP contribution < -0.4 is 25.6 Å². The number of benzene rings is 1. The summed E-state index contributed by atoms with van der Waals surface area (Å²) in [6.07, 6.45) is 3.53. The van der Waals surface area contributed by atoms with Gasteiger partial charge in [0.25, 0.3) is 0 Å². The Morgan fingerprint density at radius 3 is 2.81 bits per heavy atom. The fourth-order valence-electron chi connectivity index (χ4n) is 4.05. The molecule has 10 heteroatoms. The first kappa shape index (κ1) is 19.8. The Kier molecular flexibility index (Phi) is 5.72. The van der Waals surface area contributed by atoms with Gasteiger partial charge in [-0.15, -0.1) is 0 Å². The minimum absolute atomic E-state index is 0.309. The lowest BCUT2D eigenvalue weighted by Gasteiger charge is -2.30. The summed E-state index contributed by atoms with van der Waals surface area (Å²) in [6, 6.07) is 6.49. The van der Waals surface area contributed by atoms with Crippen molar-refractivity contribution in [1.29, 1.82) is 0 Å². The molecule has 1 aromatic carbocycles. The minimum Gasteiger partial charge on any atom is -0.494 e. The van der Waals surface area contributed by atoms with Gasteiger partial charge in [-0.05, 0) is 25.0 Å². The van der Waals surface area contributed by atoms with Crippen LogP contribution in [0.5, 0.6) is 5.75 Å². The number of anilines is 4. The standard InChI is InChI=1S/C21H28N8O2/c1-30-17-12-15(29-8-6-22-7-9-29)2-3-16(17)26-21-27-19-18(23-13-24-19)20(28-21)25-14-4-10-31-11-5-14/h2-3,12-14,22H,4-11H2,1H3,(H3,23,24,25,26,27,28). The average molecular weight is 425 g/mol. The summed E-state index contributed by atoms with van der Waals surface area (Å²) in [5.41, 5.74) is 3.38. The van der Waals surface area contributed by atoms with Gasteiger partial charge in [0.1, 0.15) is 11.3 Å². The van der Waals surface area contributed by atoms with Crippen LogP contribution in [0.1, 0.15) is 12.8 Å². The van der Waals surface area contributed by atoms with Gasteiger partial charge in [-0.1, -0.05) is 0 Å². The lowest BCUT2D eigenvalue weighted by atomic mass is 10.1. The van der Waals surface area contributed by atoms with Crippen molar-refractivity contribution < 1.29 is 9.47 Å². The predicted octanol–water partition coefficient (Wildman–Crippen LogP) is 2.11. The molecule has 10 nitrogen and oxygen atoms in total.